The van der Waals surface area contributed by atoms with Gasteiger partial charge in [-0.25, -0.2) is 4.39 Å². The zero-order valence-electron chi connectivity index (χ0n) is 7.15. The minimum Gasteiger partial charge on any atom is -0.382 e. The summed E-state index contributed by atoms with van der Waals surface area (Å²) in [5, 5.41) is 7.60. The highest BCUT2D eigenvalue weighted by atomic mass is 19.1. The number of anilines is 1. The van der Waals surface area contributed by atoms with Crippen LogP contribution < -0.4 is 5.73 Å². The van der Waals surface area contributed by atoms with Crippen LogP contribution in [-0.4, -0.2) is 34.4 Å². The first kappa shape index (κ1) is 8.37. The topological polar surface area (TPSA) is 55.0 Å². The normalized spacial score (nSPS) is 18.5. The quantitative estimate of drug-likeness (QED) is 0.710. The summed E-state index contributed by atoms with van der Waals surface area (Å²) in [4.78, 5) is 1.98. The lowest BCUT2D eigenvalue weighted by Crippen LogP contribution is -2.47. The van der Waals surface area contributed by atoms with Crippen LogP contribution in [-0.2, 0) is 6.54 Å². The van der Waals surface area contributed by atoms with Crippen LogP contribution in [0.25, 0.3) is 0 Å². The Bertz CT molecular complexity index is 281. The fourth-order valence-electron chi connectivity index (χ4n) is 1.32. The van der Waals surface area contributed by atoms with Crippen LogP contribution in [0.1, 0.15) is 5.69 Å². The minimum absolute atomic E-state index is 0.413. The largest absolute Gasteiger partial charge is 0.382 e. The Kier molecular flexibility index (Phi) is 2.10. The van der Waals surface area contributed by atoms with E-state index >= 15 is 0 Å². The molecule has 13 heavy (non-hydrogen) atoms. The number of hydrogen-bond acceptors (Lipinski definition) is 4. The summed E-state index contributed by atoms with van der Waals surface area (Å²) in [5.74, 6) is 0.413. The Balaban J connectivity index is 1.91. The molecule has 0 amide bonds. The second-order valence-corrected chi connectivity index (χ2v) is 3.24. The molecule has 1 aromatic heterocycles. The van der Waals surface area contributed by atoms with E-state index in [0.29, 0.717) is 25.5 Å². The fraction of sp³-hybridized carbons (Fsp3) is 0.500. The van der Waals surface area contributed by atoms with Crippen molar-refractivity contribution in [2.24, 2.45) is 0 Å². The monoisotopic (exact) mass is 182 g/mol. The van der Waals surface area contributed by atoms with Crippen LogP contribution >= 0.6 is 0 Å². The molecule has 1 aromatic rings. The third-order valence-corrected chi connectivity index (χ3v) is 2.04. The predicted octanol–water partition coefficient (Wildman–Crippen LogP) is 0.212. The molecule has 0 atom stereocenters. The Morgan fingerprint density at radius 3 is 2.77 bits per heavy atom. The molecule has 5 heteroatoms. The Morgan fingerprint density at radius 2 is 2.23 bits per heavy atom. The molecule has 0 spiro atoms. The summed E-state index contributed by atoms with van der Waals surface area (Å²) in [6.07, 6.45) is -0.665. The van der Waals surface area contributed by atoms with Crippen LogP contribution in [0.4, 0.5) is 10.2 Å². The van der Waals surface area contributed by atoms with E-state index in [1.807, 2.05) is 11.0 Å². The summed E-state index contributed by atoms with van der Waals surface area (Å²) >= 11 is 0. The molecule has 0 radical (unpaired) electrons. The number of nitrogens with two attached hydrogens (primary N) is 1. The Labute approximate surface area is 75.6 Å². The van der Waals surface area contributed by atoms with Gasteiger partial charge >= 0.3 is 0 Å². The van der Waals surface area contributed by atoms with Crippen molar-refractivity contribution in [2.75, 3.05) is 18.8 Å². The van der Waals surface area contributed by atoms with Crippen molar-refractivity contribution in [3.63, 3.8) is 0 Å². The lowest BCUT2D eigenvalue weighted by molar-refractivity contribution is 0.0578. The number of likely N-dealkylation sites (tertiary alicyclic amines) is 1. The highest BCUT2D eigenvalue weighted by molar-refractivity contribution is 5.25. The molecule has 1 aliphatic heterocycles. The molecule has 0 saturated carbocycles. The number of rotatable bonds is 2. The highest BCUT2D eigenvalue weighted by Gasteiger charge is 2.26. The van der Waals surface area contributed by atoms with Crippen molar-refractivity contribution in [1.82, 2.24) is 15.1 Å². The standard InChI is InChI=1S/C8H11FN4/c9-6-3-13(4-6)5-7-1-2-8(10)12-11-7/h1-2,6H,3-5H2,(H2,10,12). The van der Waals surface area contributed by atoms with Crippen LogP contribution in [0, 0.1) is 0 Å². The molecule has 1 fully saturated rings. The lowest BCUT2D eigenvalue weighted by Gasteiger charge is -2.33. The van der Waals surface area contributed by atoms with Gasteiger partial charge in [-0.2, -0.15) is 5.10 Å². The van der Waals surface area contributed by atoms with E-state index in [1.165, 1.54) is 0 Å². The van der Waals surface area contributed by atoms with E-state index in [4.69, 9.17) is 5.73 Å². The van der Waals surface area contributed by atoms with Crippen LogP contribution in [0.3, 0.4) is 0 Å². The van der Waals surface area contributed by atoms with E-state index in [2.05, 4.69) is 10.2 Å². The van der Waals surface area contributed by atoms with E-state index in [9.17, 15) is 4.39 Å². The maximum absolute atomic E-state index is 12.4. The van der Waals surface area contributed by atoms with Crippen molar-refractivity contribution in [1.29, 1.82) is 0 Å². The van der Waals surface area contributed by atoms with Crippen LogP contribution in [0.5, 0.6) is 0 Å². The van der Waals surface area contributed by atoms with E-state index in [-0.39, 0.29) is 0 Å². The van der Waals surface area contributed by atoms with Crippen LogP contribution in [0.2, 0.25) is 0 Å². The zero-order valence-corrected chi connectivity index (χ0v) is 7.15. The number of hydrogen-bond donors (Lipinski definition) is 1. The van der Waals surface area contributed by atoms with Gasteiger partial charge in [0.2, 0.25) is 0 Å². The molecule has 2 N–H and O–H groups in total. The van der Waals surface area contributed by atoms with E-state index < -0.39 is 6.17 Å². The van der Waals surface area contributed by atoms with Crippen LogP contribution in [0.15, 0.2) is 12.1 Å². The van der Waals surface area contributed by atoms with Crippen molar-refractivity contribution in [2.45, 2.75) is 12.7 Å². The second kappa shape index (κ2) is 3.26. The molecular formula is C8H11FN4. The third-order valence-electron chi connectivity index (χ3n) is 2.04. The molecule has 0 aliphatic carbocycles. The molecule has 2 heterocycles. The van der Waals surface area contributed by atoms with Gasteiger partial charge in [-0.05, 0) is 12.1 Å². The summed E-state index contributed by atoms with van der Waals surface area (Å²) in [6, 6.07) is 3.52. The van der Waals surface area contributed by atoms with Gasteiger partial charge in [0.25, 0.3) is 0 Å². The molecule has 70 valence electrons. The van der Waals surface area contributed by atoms with E-state index in [0.717, 1.165) is 5.69 Å². The number of nitrogens with zero attached hydrogens (tertiary/aromatic N) is 3. The van der Waals surface area contributed by atoms with Gasteiger partial charge in [0.1, 0.15) is 12.0 Å². The Hall–Kier alpha value is -1.23. The molecule has 0 aromatic carbocycles. The highest BCUT2D eigenvalue weighted by Crippen LogP contribution is 2.13. The van der Waals surface area contributed by atoms with Crippen molar-refractivity contribution < 1.29 is 4.39 Å². The molecule has 4 nitrogen and oxygen atoms in total. The van der Waals surface area contributed by atoms with Gasteiger partial charge in [0.15, 0.2) is 0 Å². The van der Waals surface area contributed by atoms with Gasteiger partial charge in [-0.1, -0.05) is 0 Å². The summed E-state index contributed by atoms with van der Waals surface area (Å²) in [7, 11) is 0. The summed E-state index contributed by atoms with van der Waals surface area (Å²) in [5.41, 5.74) is 6.21. The first-order valence-corrected chi connectivity index (χ1v) is 4.18. The van der Waals surface area contributed by atoms with Crippen molar-refractivity contribution in [3.05, 3.63) is 17.8 Å². The van der Waals surface area contributed by atoms with Crippen molar-refractivity contribution >= 4 is 5.82 Å². The molecule has 1 saturated heterocycles. The zero-order chi connectivity index (χ0) is 9.26. The van der Waals surface area contributed by atoms with Gasteiger partial charge in [-0.3, -0.25) is 4.90 Å². The first-order chi connectivity index (χ1) is 6.24. The minimum atomic E-state index is -0.665. The summed E-state index contributed by atoms with van der Waals surface area (Å²) in [6.45, 7) is 1.67. The van der Waals surface area contributed by atoms with Gasteiger partial charge in [-0.15, -0.1) is 5.10 Å². The number of aromatic nitrogens is 2. The second-order valence-electron chi connectivity index (χ2n) is 3.24. The maximum Gasteiger partial charge on any atom is 0.146 e. The van der Waals surface area contributed by atoms with Crippen molar-refractivity contribution in [3.8, 4) is 0 Å². The number of nitrogen functional groups attached to an aromatic ring is 1. The molecule has 1 aliphatic rings. The van der Waals surface area contributed by atoms with Gasteiger partial charge in [0, 0.05) is 19.6 Å². The first-order valence-electron chi connectivity index (χ1n) is 4.18. The third kappa shape index (κ3) is 1.92. The fourth-order valence-corrected chi connectivity index (χ4v) is 1.32. The smallest absolute Gasteiger partial charge is 0.146 e. The maximum atomic E-state index is 12.4. The lowest BCUT2D eigenvalue weighted by atomic mass is 10.2. The van der Waals surface area contributed by atoms with Gasteiger partial charge in [0.05, 0.1) is 5.69 Å². The SMILES string of the molecule is Nc1ccc(CN2CC(F)C2)nn1. The molecule has 0 bridgehead atoms. The number of halogens is 1. The average Bonchev–Trinajstić information content (AvgIpc) is 2.06. The molecule has 0 unspecified atom stereocenters. The summed E-state index contributed by atoms with van der Waals surface area (Å²) < 4.78 is 12.4. The van der Waals surface area contributed by atoms with E-state index in [1.54, 1.807) is 6.07 Å². The predicted molar refractivity (Wildman–Crippen MR) is 46.6 cm³/mol. The number of alkyl halides is 1. The average molecular weight is 182 g/mol. The molecule has 2 rings (SSSR count). The molecular weight excluding hydrogens is 171 g/mol. The van der Waals surface area contributed by atoms with Gasteiger partial charge < -0.3 is 5.73 Å². The Morgan fingerprint density at radius 1 is 1.46 bits per heavy atom.